The van der Waals surface area contributed by atoms with Crippen molar-refractivity contribution in [3.05, 3.63) is 77.4 Å². The van der Waals surface area contributed by atoms with Crippen molar-refractivity contribution in [3.8, 4) is 22.6 Å². The maximum absolute atomic E-state index is 12.8. The number of carbonyl (C=O) groups is 1. The molecule has 0 spiro atoms. The number of thiazole rings is 1. The van der Waals surface area contributed by atoms with Crippen LogP contribution in [0.25, 0.3) is 22.6 Å². The number of aromatic amines is 1. The summed E-state index contributed by atoms with van der Waals surface area (Å²) in [5.41, 5.74) is 0.975. The SMILES string of the molecule is O=C(Nc1nccs1)c1[nH]c(-c2ccc(C(F)(F)F)cc2)nc1-c1ccccc1. The number of rotatable bonds is 4. The van der Waals surface area contributed by atoms with E-state index in [0.717, 1.165) is 12.1 Å². The number of aromatic nitrogens is 3. The Morgan fingerprint density at radius 2 is 1.72 bits per heavy atom. The highest BCUT2D eigenvalue weighted by Gasteiger charge is 2.30. The summed E-state index contributed by atoms with van der Waals surface area (Å²) in [5.74, 6) is -0.147. The summed E-state index contributed by atoms with van der Waals surface area (Å²) in [7, 11) is 0. The van der Waals surface area contributed by atoms with Gasteiger partial charge < -0.3 is 4.98 Å². The minimum atomic E-state index is -4.42. The van der Waals surface area contributed by atoms with Gasteiger partial charge in [0, 0.05) is 22.7 Å². The lowest BCUT2D eigenvalue weighted by molar-refractivity contribution is -0.137. The van der Waals surface area contributed by atoms with Gasteiger partial charge in [-0.25, -0.2) is 9.97 Å². The molecule has 0 bridgehead atoms. The summed E-state index contributed by atoms with van der Waals surface area (Å²) in [6.45, 7) is 0. The molecule has 5 nitrogen and oxygen atoms in total. The van der Waals surface area contributed by atoms with Crippen LogP contribution in [0.2, 0.25) is 0 Å². The molecule has 0 aliphatic heterocycles. The van der Waals surface area contributed by atoms with E-state index in [4.69, 9.17) is 0 Å². The van der Waals surface area contributed by atoms with Crippen molar-refractivity contribution >= 4 is 22.4 Å². The molecule has 1 amide bonds. The number of anilines is 1. The summed E-state index contributed by atoms with van der Waals surface area (Å²) in [5, 5.41) is 4.85. The molecular weight excluding hydrogens is 401 g/mol. The van der Waals surface area contributed by atoms with Crippen LogP contribution < -0.4 is 5.32 Å². The van der Waals surface area contributed by atoms with Crippen LogP contribution in [0.5, 0.6) is 0 Å². The molecule has 2 N–H and O–H groups in total. The predicted octanol–water partition coefficient (Wildman–Crippen LogP) is 5.47. The highest BCUT2D eigenvalue weighted by Crippen LogP contribution is 2.32. The standard InChI is InChI=1S/C20H13F3N4OS/c21-20(22,23)14-8-6-13(7-9-14)17-25-15(12-4-2-1-3-5-12)16(26-17)18(28)27-19-24-10-11-29-19/h1-11H,(H,25,26)(H,24,27,28). The molecule has 0 radical (unpaired) electrons. The molecule has 0 aliphatic carbocycles. The quantitative estimate of drug-likeness (QED) is 0.465. The van der Waals surface area contributed by atoms with Crippen molar-refractivity contribution in [3.63, 3.8) is 0 Å². The minimum absolute atomic E-state index is 0.196. The van der Waals surface area contributed by atoms with E-state index in [1.54, 1.807) is 23.7 Å². The number of imidazole rings is 1. The largest absolute Gasteiger partial charge is 0.416 e. The van der Waals surface area contributed by atoms with Crippen molar-refractivity contribution in [2.75, 3.05) is 5.32 Å². The first kappa shape index (κ1) is 18.9. The second-order valence-corrected chi connectivity index (χ2v) is 6.94. The fourth-order valence-electron chi connectivity index (χ4n) is 2.74. The van der Waals surface area contributed by atoms with E-state index >= 15 is 0 Å². The Bertz CT molecular complexity index is 1120. The zero-order chi connectivity index (χ0) is 20.4. The zero-order valence-corrected chi connectivity index (χ0v) is 15.5. The molecule has 0 unspecified atom stereocenters. The highest BCUT2D eigenvalue weighted by molar-refractivity contribution is 7.13. The maximum atomic E-state index is 12.8. The van der Waals surface area contributed by atoms with Crippen molar-refractivity contribution in [1.82, 2.24) is 15.0 Å². The maximum Gasteiger partial charge on any atom is 0.416 e. The van der Waals surface area contributed by atoms with Crippen molar-refractivity contribution in [2.24, 2.45) is 0 Å². The van der Waals surface area contributed by atoms with E-state index in [0.29, 0.717) is 27.8 Å². The van der Waals surface area contributed by atoms with E-state index in [2.05, 4.69) is 20.3 Å². The molecule has 2 aromatic carbocycles. The summed E-state index contributed by atoms with van der Waals surface area (Å²) in [6.07, 6.45) is -2.85. The Hall–Kier alpha value is -3.46. The summed E-state index contributed by atoms with van der Waals surface area (Å²) < 4.78 is 38.4. The molecular formula is C20H13F3N4OS. The van der Waals surface area contributed by atoms with Crippen LogP contribution >= 0.6 is 11.3 Å². The van der Waals surface area contributed by atoms with Crippen molar-refractivity contribution in [1.29, 1.82) is 0 Å². The molecule has 2 aromatic heterocycles. The van der Waals surface area contributed by atoms with Gasteiger partial charge in [0.25, 0.3) is 5.91 Å². The molecule has 0 atom stereocenters. The predicted molar refractivity (Wildman–Crippen MR) is 105 cm³/mol. The number of hydrogen-bond donors (Lipinski definition) is 2. The number of amides is 1. The summed E-state index contributed by atoms with van der Waals surface area (Å²) in [4.78, 5) is 24.2. The molecule has 4 rings (SSSR count). The molecule has 0 aliphatic rings. The average Bonchev–Trinajstić information content (AvgIpc) is 3.38. The lowest BCUT2D eigenvalue weighted by Crippen LogP contribution is -2.13. The normalized spacial score (nSPS) is 11.4. The monoisotopic (exact) mass is 414 g/mol. The summed E-state index contributed by atoms with van der Waals surface area (Å²) >= 11 is 1.27. The van der Waals surface area contributed by atoms with Gasteiger partial charge in [-0.05, 0) is 12.1 Å². The molecule has 4 aromatic rings. The Morgan fingerprint density at radius 1 is 1.00 bits per heavy atom. The van der Waals surface area contributed by atoms with Crippen LogP contribution in [0, 0.1) is 0 Å². The first-order chi connectivity index (χ1) is 13.9. The number of hydrogen-bond acceptors (Lipinski definition) is 4. The first-order valence-electron chi connectivity index (χ1n) is 8.46. The Labute approximate surface area is 167 Å². The van der Waals surface area contributed by atoms with E-state index < -0.39 is 17.6 Å². The smallest absolute Gasteiger partial charge is 0.333 e. The lowest BCUT2D eigenvalue weighted by atomic mass is 10.1. The third-order valence-electron chi connectivity index (χ3n) is 4.12. The molecule has 0 saturated heterocycles. The number of benzene rings is 2. The fourth-order valence-corrected chi connectivity index (χ4v) is 3.27. The third-order valence-corrected chi connectivity index (χ3v) is 4.81. The van der Waals surface area contributed by atoms with Gasteiger partial charge in [-0.1, -0.05) is 42.5 Å². The van der Waals surface area contributed by atoms with Crippen LogP contribution in [-0.2, 0) is 6.18 Å². The number of nitrogens with zero attached hydrogens (tertiary/aromatic N) is 2. The van der Waals surface area contributed by atoms with Crippen LogP contribution in [0.15, 0.2) is 66.2 Å². The molecule has 146 valence electrons. The molecule has 29 heavy (non-hydrogen) atoms. The Kier molecular flexibility index (Phi) is 4.89. The lowest BCUT2D eigenvalue weighted by Gasteiger charge is -2.06. The Morgan fingerprint density at radius 3 is 2.34 bits per heavy atom. The van der Waals surface area contributed by atoms with Gasteiger partial charge in [-0.2, -0.15) is 13.2 Å². The summed E-state index contributed by atoms with van der Waals surface area (Å²) in [6, 6.07) is 13.7. The fraction of sp³-hybridized carbons (Fsp3) is 0.0500. The number of nitrogens with one attached hydrogen (secondary N) is 2. The second kappa shape index (κ2) is 7.51. The van der Waals surface area contributed by atoms with Gasteiger partial charge in [0.15, 0.2) is 5.13 Å². The molecule has 9 heteroatoms. The first-order valence-corrected chi connectivity index (χ1v) is 9.33. The van der Waals surface area contributed by atoms with Gasteiger partial charge in [0.2, 0.25) is 0 Å². The molecule has 2 heterocycles. The van der Waals surface area contributed by atoms with Gasteiger partial charge in [-0.3, -0.25) is 10.1 Å². The van der Waals surface area contributed by atoms with Gasteiger partial charge in [-0.15, -0.1) is 11.3 Å². The van der Waals surface area contributed by atoms with Crippen LogP contribution in [0.3, 0.4) is 0 Å². The number of halogens is 3. The highest BCUT2D eigenvalue weighted by atomic mass is 32.1. The van der Waals surface area contributed by atoms with Gasteiger partial charge in [0.05, 0.1) is 5.56 Å². The van der Waals surface area contributed by atoms with E-state index in [1.165, 1.54) is 23.5 Å². The van der Waals surface area contributed by atoms with Crippen LogP contribution in [-0.4, -0.2) is 20.9 Å². The molecule has 0 saturated carbocycles. The number of carbonyl (C=O) groups excluding carboxylic acids is 1. The van der Waals surface area contributed by atoms with Crippen molar-refractivity contribution in [2.45, 2.75) is 6.18 Å². The minimum Gasteiger partial charge on any atom is -0.333 e. The number of alkyl halides is 3. The zero-order valence-electron chi connectivity index (χ0n) is 14.7. The van der Waals surface area contributed by atoms with E-state index in [-0.39, 0.29) is 5.69 Å². The topological polar surface area (TPSA) is 70.7 Å². The van der Waals surface area contributed by atoms with E-state index in [1.807, 2.05) is 18.2 Å². The van der Waals surface area contributed by atoms with Crippen molar-refractivity contribution < 1.29 is 18.0 Å². The second-order valence-electron chi connectivity index (χ2n) is 6.04. The Balaban J connectivity index is 1.74. The van der Waals surface area contributed by atoms with Crippen LogP contribution in [0.4, 0.5) is 18.3 Å². The van der Waals surface area contributed by atoms with Gasteiger partial charge >= 0.3 is 6.18 Å². The number of H-pyrrole nitrogens is 1. The van der Waals surface area contributed by atoms with E-state index in [9.17, 15) is 18.0 Å². The van der Waals surface area contributed by atoms with Crippen LogP contribution in [0.1, 0.15) is 16.1 Å². The molecule has 0 fully saturated rings. The third kappa shape index (κ3) is 4.04. The van der Waals surface area contributed by atoms with Gasteiger partial charge in [0.1, 0.15) is 17.2 Å². The average molecular weight is 414 g/mol.